The van der Waals surface area contributed by atoms with Crippen molar-refractivity contribution in [3.63, 3.8) is 0 Å². The molecule has 1 aromatic heterocycles. The van der Waals surface area contributed by atoms with Gasteiger partial charge in [-0.25, -0.2) is 8.42 Å². The van der Waals surface area contributed by atoms with Gasteiger partial charge in [-0.05, 0) is 43.5 Å². The maximum atomic E-state index is 13.4. The van der Waals surface area contributed by atoms with E-state index in [-0.39, 0.29) is 28.9 Å². The van der Waals surface area contributed by atoms with Crippen LogP contribution >= 0.6 is 0 Å². The van der Waals surface area contributed by atoms with Crippen molar-refractivity contribution in [3.05, 3.63) is 48.4 Å². The third kappa shape index (κ3) is 5.01. The molecule has 2 aromatic rings. The van der Waals surface area contributed by atoms with Gasteiger partial charge in [0.25, 0.3) is 5.91 Å². The minimum Gasteiger partial charge on any atom is -0.459 e. The summed E-state index contributed by atoms with van der Waals surface area (Å²) < 4.78 is 29.5. The minimum atomic E-state index is -3.46. The zero-order valence-corrected chi connectivity index (χ0v) is 19.9. The number of amides is 2. The van der Waals surface area contributed by atoms with Crippen molar-refractivity contribution in [1.29, 1.82) is 0 Å². The number of hydrogen-bond acceptors (Lipinski definition) is 7. The fourth-order valence-electron chi connectivity index (χ4n) is 4.76. The molecule has 10 heteroatoms. The summed E-state index contributed by atoms with van der Waals surface area (Å²) in [7, 11) is -3.46. The van der Waals surface area contributed by atoms with Gasteiger partial charge in [0, 0.05) is 12.8 Å². The fourth-order valence-corrected chi connectivity index (χ4v) is 5.66. The Morgan fingerprint density at radius 1 is 1.09 bits per heavy atom. The molecule has 1 aromatic carbocycles. The van der Waals surface area contributed by atoms with Crippen LogP contribution < -0.4 is 15.5 Å². The number of para-hydroxylation sites is 1. The van der Waals surface area contributed by atoms with Crippen molar-refractivity contribution in [3.8, 4) is 0 Å². The van der Waals surface area contributed by atoms with Gasteiger partial charge in [-0.15, -0.1) is 0 Å². The SMILES string of the molecule is CS(=O)(=O)c1ccccc1N1CCC(NC(=O)C2(NC(=O)c3ccco3)CCCCC2)C(=O)C1. The lowest BCUT2D eigenvalue weighted by molar-refractivity contribution is -0.133. The second-order valence-corrected chi connectivity index (χ2v) is 11.0. The van der Waals surface area contributed by atoms with Gasteiger partial charge < -0.3 is 20.0 Å². The number of rotatable bonds is 6. The molecule has 2 amide bonds. The van der Waals surface area contributed by atoms with Gasteiger partial charge in [-0.3, -0.25) is 14.4 Å². The van der Waals surface area contributed by atoms with E-state index < -0.39 is 27.3 Å². The summed E-state index contributed by atoms with van der Waals surface area (Å²) >= 11 is 0. The lowest BCUT2D eigenvalue weighted by Gasteiger charge is -2.39. The molecular weight excluding hydrogens is 458 g/mol. The van der Waals surface area contributed by atoms with Crippen LogP contribution in [-0.2, 0) is 19.4 Å². The van der Waals surface area contributed by atoms with Crippen LogP contribution in [0.25, 0.3) is 0 Å². The van der Waals surface area contributed by atoms with Gasteiger partial charge >= 0.3 is 0 Å². The number of anilines is 1. The number of hydrogen-bond donors (Lipinski definition) is 2. The summed E-state index contributed by atoms with van der Waals surface area (Å²) in [6.07, 6.45) is 6.41. The predicted octanol–water partition coefficient (Wildman–Crippen LogP) is 2.08. The minimum absolute atomic E-state index is 0.0107. The van der Waals surface area contributed by atoms with Gasteiger partial charge in [0.05, 0.1) is 29.4 Å². The summed E-state index contributed by atoms with van der Waals surface area (Å²) in [5, 5.41) is 5.73. The van der Waals surface area contributed by atoms with E-state index in [0.717, 1.165) is 25.5 Å². The molecule has 9 nitrogen and oxygen atoms in total. The summed E-state index contributed by atoms with van der Waals surface area (Å²) in [5.41, 5.74) is -0.611. The van der Waals surface area contributed by atoms with Crippen molar-refractivity contribution in [2.24, 2.45) is 0 Å². The van der Waals surface area contributed by atoms with Crippen LogP contribution in [0.1, 0.15) is 49.1 Å². The Morgan fingerprint density at radius 2 is 1.82 bits per heavy atom. The fraction of sp³-hybridized carbons (Fsp3) is 0.458. The van der Waals surface area contributed by atoms with Gasteiger partial charge in [-0.1, -0.05) is 31.4 Å². The molecule has 1 aliphatic heterocycles. The summed E-state index contributed by atoms with van der Waals surface area (Å²) in [5.74, 6) is -0.895. The molecule has 4 rings (SSSR count). The first-order chi connectivity index (χ1) is 16.2. The zero-order valence-electron chi connectivity index (χ0n) is 19.1. The van der Waals surface area contributed by atoms with Crippen molar-refractivity contribution in [2.45, 2.75) is 55.0 Å². The number of benzene rings is 1. The monoisotopic (exact) mass is 487 g/mol. The molecule has 1 aliphatic carbocycles. The Morgan fingerprint density at radius 3 is 2.47 bits per heavy atom. The highest BCUT2D eigenvalue weighted by molar-refractivity contribution is 7.90. The number of carbonyl (C=O) groups is 3. The van der Waals surface area contributed by atoms with Gasteiger partial charge in [0.15, 0.2) is 21.4 Å². The van der Waals surface area contributed by atoms with E-state index >= 15 is 0 Å². The first-order valence-electron chi connectivity index (χ1n) is 11.4. The van der Waals surface area contributed by atoms with E-state index in [1.54, 1.807) is 29.2 Å². The maximum Gasteiger partial charge on any atom is 0.287 e. The van der Waals surface area contributed by atoms with Crippen LogP contribution in [0.4, 0.5) is 5.69 Å². The first-order valence-corrected chi connectivity index (χ1v) is 13.3. The Balaban J connectivity index is 1.46. The number of furan rings is 1. The number of nitrogens with zero attached hydrogens (tertiary/aromatic N) is 1. The quantitative estimate of drug-likeness (QED) is 0.639. The van der Waals surface area contributed by atoms with Crippen LogP contribution in [0.2, 0.25) is 0 Å². The molecule has 1 saturated heterocycles. The average molecular weight is 488 g/mol. The number of carbonyl (C=O) groups excluding carboxylic acids is 3. The topological polar surface area (TPSA) is 126 Å². The lowest BCUT2D eigenvalue weighted by atomic mass is 9.80. The highest BCUT2D eigenvalue weighted by atomic mass is 32.2. The summed E-state index contributed by atoms with van der Waals surface area (Å²) in [4.78, 5) is 40.9. The highest BCUT2D eigenvalue weighted by Gasteiger charge is 2.43. The molecule has 1 saturated carbocycles. The molecule has 2 fully saturated rings. The smallest absolute Gasteiger partial charge is 0.287 e. The average Bonchev–Trinajstić information content (AvgIpc) is 3.36. The molecule has 0 radical (unpaired) electrons. The highest BCUT2D eigenvalue weighted by Crippen LogP contribution is 2.30. The Kier molecular flexibility index (Phi) is 6.79. The molecule has 0 spiro atoms. The maximum absolute atomic E-state index is 13.4. The van der Waals surface area contributed by atoms with E-state index in [4.69, 9.17) is 4.42 Å². The molecule has 0 bridgehead atoms. The van der Waals surface area contributed by atoms with E-state index in [1.165, 1.54) is 18.4 Å². The molecule has 2 N–H and O–H groups in total. The summed E-state index contributed by atoms with van der Waals surface area (Å²) in [6.45, 7) is 0.401. The Bertz CT molecular complexity index is 1170. The van der Waals surface area contributed by atoms with Crippen LogP contribution in [0, 0.1) is 0 Å². The van der Waals surface area contributed by atoms with Crippen molar-refractivity contribution in [2.75, 3.05) is 24.2 Å². The molecule has 1 unspecified atom stereocenters. The van der Waals surface area contributed by atoms with Crippen molar-refractivity contribution < 1.29 is 27.2 Å². The third-order valence-corrected chi connectivity index (χ3v) is 7.72. The predicted molar refractivity (Wildman–Crippen MR) is 125 cm³/mol. The van der Waals surface area contributed by atoms with E-state index in [1.807, 2.05) is 0 Å². The summed E-state index contributed by atoms with van der Waals surface area (Å²) in [6, 6.07) is 9.04. The normalized spacial score (nSPS) is 20.6. The number of piperidine rings is 1. The van der Waals surface area contributed by atoms with Crippen molar-refractivity contribution in [1.82, 2.24) is 10.6 Å². The van der Waals surface area contributed by atoms with Crippen LogP contribution in [0.5, 0.6) is 0 Å². The van der Waals surface area contributed by atoms with Crippen molar-refractivity contribution >= 4 is 33.1 Å². The number of ketones is 1. The molecule has 34 heavy (non-hydrogen) atoms. The first kappa shape index (κ1) is 24.0. The number of Topliss-reactive ketones (excluding diaryl/α,β-unsaturated/α-hetero) is 1. The Hall–Kier alpha value is -3.14. The standard InChI is InChI=1S/C24H29N3O6S/c1-34(31,32)21-10-4-3-8-18(21)27-14-11-17(19(28)16-27)25-23(30)24(12-5-2-6-13-24)26-22(29)20-9-7-15-33-20/h3-4,7-10,15,17H,2,5-6,11-14,16H2,1H3,(H,25,30)(H,26,29). The van der Waals surface area contributed by atoms with Gasteiger partial charge in [0.2, 0.25) is 5.91 Å². The van der Waals surface area contributed by atoms with Gasteiger partial charge in [-0.2, -0.15) is 0 Å². The lowest BCUT2D eigenvalue weighted by Crippen LogP contribution is -2.63. The molecule has 2 heterocycles. The molecular formula is C24H29N3O6S. The second-order valence-electron chi connectivity index (χ2n) is 9.02. The Labute approximate surface area is 198 Å². The number of sulfone groups is 1. The zero-order chi connectivity index (χ0) is 24.3. The largest absolute Gasteiger partial charge is 0.459 e. The molecule has 2 aliphatic rings. The van der Waals surface area contributed by atoms with Crippen LogP contribution in [0.3, 0.4) is 0 Å². The number of nitrogens with one attached hydrogen (secondary N) is 2. The van der Waals surface area contributed by atoms with Crippen LogP contribution in [0.15, 0.2) is 52.0 Å². The van der Waals surface area contributed by atoms with E-state index in [0.29, 0.717) is 31.5 Å². The van der Waals surface area contributed by atoms with E-state index in [9.17, 15) is 22.8 Å². The van der Waals surface area contributed by atoms with Crippen LogP contribution in [-0.4, -0.2) is 56.9 Å². The van der Waals surface area contributed by atoms with E-state index in [2.05, 4.69) is 10.6 Å². The second kappa shape index (κ2) is 9.61. The van der Waals surface area contributed by atoms with Gasteiger partial charge in [0.1, 0.15) is 5.54 Å². The molecule has 1 atom stereocenters. The molecule has 182 valence electrons. The third-order valence-electron chi connectivity index (χ3n) is 6.57.